The molecule has 1 aliphatic heterocycles. The minimum absolute atomic E-state index is 0. The van der Waals surface area contributed by atoms with Gasteiger partial charge in [0.05, 0.1) is 19.3 Å². The molecule has 22 heavy (non-hydrogen) atoms. The molecule has 0 bridgehead atoms. The predicted molar refractivity (Wildman–Crippen MR) is 97.3 cm³/mol. The highest BCUT2D eigenvalue weighted by atomic mass is 127. The topological polar surface area (TPSA) is 68.9 Å². The fourth-order valence-corrected chi connectivity index (χ4v) is 2.98. The average molecular weight is 415 g/mol. The molecular formula is C16H22IN3O2. The number of hydrogen-bond acceptors (Lipinski definition) is 3. The Bertz CT molecular complexity index is 575. The van der Waals surface area contributed by atoms with Gasteiger partial charge in [-0.3, -0.25) is 0 Å². The lowest BCUT2D eigenvalue weighted by atomic mass is 10.2. The number of aliphatic imine (C=N–C) groups is 1. The van der Waals surface area contributed by atoms with Crippen molar-refractivity contribution in [3.05, 3.63) is 18.2 Å². The van der Waals surface area contributed by atoms with E-state index < -0.39 is 0 Å². The first-order valence-electron chi connectivity index (χ1n) is 7.79. The fourth-order valence-electron chi connectivity index (χ4n) is 2.98. The van der Waals surface area contributed by atoms with Crippen LogP contribution in [0.1, 0.15) is 25.7 Å². The van der Waals surface area contributed by atoms with E-state index in [1.807, 2.05) is 18.2 Å². The molecule has 4 rings (SSSR count). The quantitative estimate of drug-likeness (QED) is 0.453. The summed E-state index contributed by atoms with van der Waals surface area (Å²) in [4.78, 5) is 4.57. The molecule has 1 aromatic rings. The summed E-state index contributed by atoms with van der Waals surface area (Å²) in [5, 5.41) is 3.16. The second kappa shape index (κ2) is 6.52. The van der Waals surface area contributed by atoms with Crippen LogP contribution in [0.5, 0.6) is 11.5 Å². The lowest BCUT2D eigenvalue weighted by molar-refractivity contribution is 0.297. The van der Waals surface area contributed by atoms with Crippen molar-refractivity contribution in [3.8, 4) is 11.5 Å². The van der Waals surface area contributed by atoms with Crippen LogP contribution in [0.2, 0.25) is 0 Å². The van der Waals surface area contributed by atoms with E-state index in [1.54, 1.807) is 0 Å². The van der Waals surface area contributed by atoms with Gasteiger partial charge in [0.1, 0.15) is 0 Å². The molecule has 6 heteroatoms. The summed E-state index contributed by atoms with van der Waals surface area (Å²) in [6.07, 6.45) is 4.87. The lowest BCUT2D eigenvalue weighted by Gasteiger charge is -2.10. The number of fused-ring (bicyclic) bond motifs is 1. The average Bonchev–Trinajstić information content (AvgIpc) is 3.33. The summed E-state index contributed by atoms with van der Waals surface area (Å²) in [5.74, 6) is 3.77. The van der Waals surface area contributed by atoms with Gasteiger partial charge in [0.15, 0.2) is 17.5 Å². The van der Waals surface area contributed by atoms with Gasteiger partial charge in [-0.15, -0.1) is 24.0 Å². The van der Waals surface area contributed by atoms with Gasteiger partial charge in [0, 0.05) is 18.2 Å². The molecule has 2 aliphatic carbocycles. The summed E-state index contributed by atoms with van der Waals surface area (Å²) in [6.45, 7) is 1.39. The number of anilines is 1. The number of hydrogen-bond donors (Lipinski definition) is 2. The third kappa shape index (κ3) is 3.59. The molecule has 1 aromatic carbocycles. The molecule has 2 fully saturated rings. The largest absolute Gasteiger partial charge is 0.490 e. The second-order valence-electron chi connectivity index (χ2n) is 6.16. The summed E-state index contributed by atoms with van der Waals surface area (Å²) in [5.41, 5.74) is 6.90. The van der Waals surface area contributed by atoms with Gasteiger partial charge in [-0.25, -0.2) is 4.99 Å². The summed E-state index contributed by atoms with van der Waals surface area (Å²) in [6, 6.07) is 6.22. The van der Waals surface area contributed by atoms with E-state index in [1.165, 1.54) is 19.3 Å². The number of nitrogens with two attached hydrogens (primary N) is 1. The number of nitrogens with one attached hydrogen (secondary N) is 1. The Balaban J connectivity index is 0.00000144. The highest BCUT2D eigenvalue weighted by Gasteiger charge is 2.47. The van der Waals surface area contributed by atoms with E-state index in [0.717, 1.165) is 35.4 Å². The van der Waals surface area contributed by atoms with Crippen LogP contribution in [0, 0.1) is 11.8 Å². The smallest absolute Gasteiger partial charge is 0.193 e. The van der Waals surface area contributed by atoms with Crippen LogP contribution in [0.4, 0.5) is 5.69 Å². The van der Waals surface area contributed by atoms with Crippen molar-refractivity contribution in [1.29, 1.82) is 0 Å². The molecule has 0 saturated heterocycles. The monoisotopic (exact) mass is 415 g/mol. The minimum Gasteiger partial charge on any atom is -0.490 e. The summed E-state index contributed by atoms with van der Waals surface area (Å²) in [7, 11) is 0. The second-order valence-corrected chi connectivity index (χ2v) is 6.16. The highest BCUT2D eigenvalue weighted by molar-refractivity contribution is 14.0. The minimum atomic E-state index is 0. The van der Waals surface area contributed by atoms with Crippen LogP contribution in [-0.4, -0.2) is 25.2 Å². The van der Waals surface area contributed by atoms with E-state index in [0.29, 0.717) is 25.2 Å². The Labute approximate surface area is 147 Å². The Kier molecular flexibility index (Phi) is 4.65. The van der Waals surface area contributed by atoms with Gasteiger partial charge < -0.3 is 20.5 Å². The van der Waals surface area contributed by atoms with E-state index in [4.69, 9.17) is 15.2 Å². The zero-order valence-corrected chi connectivity index (χ0v) is 14.8. The van der Waals surface area contributed by atoms with Crippen LogP contribution >= 0.6 is 24.0 Å². The molecule has 0 amide bonds. The normalized spacial score (nSPS) is 26.6. The standard InChI is InChI=1S/C16H21N3O2.HI/c17-16(19-13-9-12(13)10-2-3-10)18-11-4-5-14-15(8-11)21-7-1-6-20-14;/h4-5,8,10,12-13H,1-3,6-7,9H2,(H3,17,18,19);1H/t12-,13+;/m0./s1. The molecule has 0 aromatic heterocycles. The van der Waals surface area contributed by atoms with E-state index in [9.17, 15) is 0 Å². The zero-order chi connectivity index (χ0) is 14.2. The zero-order valence-electron chi connectivity index (χ0n) is 12.5. The van der Waals surface area contributed by atoms with Gasteiger partial charge in [-0.1, -0.05) is 0 Å². The maximum atomic E-state index is 6.00. The number of guanidine groups is 1. The maximum Gasteiger partial charge on any atom is 0.193 e. The molecule has 5 nitrogen and oxygen atoms in total. The molecular weight excluding hydrogens is 393 g/mol. The summed E-state index contributed by atoms with van der Waals surface area (Å²) >= 11 is 0. The first-order valence-corrected chi connectivity index (χ1v) is 7.79. The Morgan fingerprint density at radius 1 is 1.18 bits per heavy atom. The Hall–Kier alpha value is -1.18. The Morgan fingerprint density at radius 3 is 2.73 bits per heavy atom. The molecule has 3 aliphatic rings. The fraction of sp³-hybridized carbons (Fsp3) is 0.562. The lowest BCUT2D eigenvalue weighted by Crippen LogP contribution is -2.23. The number of nitrogens with zero attached hydrogens (tertiary/aromatic N) is 1. The maximum absolute atomic E-state index is 6.00. The molecule has 3 N–H and O–H groups in total. The van der Waals surface area contributed by atoms with Gasteiger partial charge in [-0.05, 0) is 43.2 Å². The molecule has 0 radical (unpaired) electrons. The van der Waals surface area contributed by atoms with Crippen LogP contribution in [0.25, 0.3) is 0 Å². The van der Waals surface area contributed by atoms with Crippen molar-refractivity contribution in [2.45, 2.75) is 31.7 Å². The molecule has 2 atom stereocenters. The number of halogens is 1. The molecule has 0 unspecified atom stereocenters. The van der Waals surface area contributed by atoms with Crippen LogP contribution < -0.4 is 20.5 Å². The molecule has 0 spiro atoms. The van der Waals surface area contributed by atoms with Crippen molar-refractivity contribution >= 4 is 35.6 Å². The van der Waals surface area contributed by atoms with Crippen LogP contribution in [0.15, 0.2) is 23.2 Å². The highest BCUT2D eigenvalue weighted by Crippen LogP contribution is 2.51. The number of rotatable bonds is 3. The third-order valence-corrected chi connectivity index (χ3v) is 4.36. The molecule has 2 saturated carbocycles. The molecule has 120 valence electrons. The van der Waals surface area contributed by atoms with Crippen LogP contribution in [-0.2, 0) is 0 Å². The first kappa shape index (κ1) is 15.7. The van der Waals surface area contributed by atoms with Gasteiger partial charge in [-0.2, -0.15) is 0 Å². The van der Waals surface area contributed by atoms with E-state index >= 15 is 0 Å². The summed E-state index contributed by atoms with van der Waals surface area (Å²) < 4.78 is 11.3. The number of ether oxygens (including phenoxy) is 2. The van der Waals surface area contributed by atoms with Crippen molar-refractivity contribution in [2.24, 2.45) is 22.6 Å². The van der Waals surface area contributed by atoms with Crippen molar-refractivity contribution < 1.29 is 9.47 Å². The molecule has 1 heterocycles. The van der Waals surface area contributed by atoms with Gasteiger partial charge >= 0.3 is 0 Å². The van der Waals surface area contributed by atoms with Crippen molar-refractivity contribution in [2.75, 3.05) is 18.5 Å². The van der Waals surface area contributed by atoms with Crippen molar-refractivity contribution in [1.82, 2.24) is 0 Å². The number of benzene rings is 1. The predicted octanol–water partition coefficient (Wildman–Crippen LogP) is 2.99. The van der Waals surface area contributed by atoms with Gasteiger partial charge in [0.25, 0.3) is 0 Å². The third-order valence-electron chi connectivity index (χ3n) is 4.36. The van der Waals surface area contributed by atoms with Crippen LogP contribution in [0.3, 0.4) is 0 Å². The first-order chi connectivity index (χ1) is 10.3. The van der Waals surface area contributed by atoms with Gasteiger partial charge in [0.2, 0.25) is 0 Å². The van der Waals surface area contributed by atoms with E-state index in [2.05, 4.69) is 10.3 Å². The van der Waals surface area contributed by atoms with E-state index in [-0.39, 0.29) is 24.0 Å². The Morgan fingerprint density at radius 2 is 1.95 bits per heavy atom. The SMILES string of the molecule is I.NC(=N[C@@H]1C[C@H]1C1CC1)Nc1ccc2c(c1)OCCCO2. The van der Waals surface area contributed by atoms with Crippen molar-refractivity contribution in [3.63, 3.8) is 0 Å².